The fourth-order valence-corrected chi connectivity index (χ4v) is 4.02. The van der Waals surface area contributed by atoms with Crippen LogP contribution in [-0.2, 0) is 10.0 Å². The Hall–Kier alpha value is -2.26. The zero-order valence-electron chi connectivity index (χ0n) is 13.5. The van der Waals surface area contributed by atoms with Gasteiger partial charge in [0, 0.05) is 49.8 Å². The fraction of sp³-hybridized carbons (Fsp3) is 0.400. The first-order chi connectivity index (χ1) is 11.4. The number of piperazine rings is 1. The lowest BCUT2D eigenvalue weighted by atomic mass is 10.1. The number of pyridine rings is 1. The van der Waals surface area contributed by atoms with E-state index >= 15 is 0 Å². The molecule has 1 fully saturated rings. The van der Waals surface area contributed by atoms with Crippen molar-refractivity contribution in [3.05, 3.63) is 42.4 Å². The van der Waals surface area contributed by atoms with E-state index in [4.69, 9.17) is 0 Å². The molecule has 1 saturated heterocycles. The Balaban J connectivity index is 1.77. The van der Waals surface area contributed by atoms with Crippen LogP contribution in [0, 0.1) is 0 Å². The SMILES string of the molecule is C[C@H]1CN(C(=O)c2ccnc(-n3cccn3)c2)CCN1S(C)(=O)=O. The lowest BCUT2D eigenvalue weighted by Crippen LogP contribution is -2.55. The molecule has 0 N–H and O–H groups in total. The van der Waals surface area contributed by atoms with Crippen LogP contribution < -0.4 is 0 Å². The molecule has 2 aromatic rings. The normalized spacial score (nSPS) is 19.4. The number of nitrogens with zero attached hydrogens (tertiary/aromatic N) is 5. The molecule has 1 atom stereocenters. The summed E-state index contributed by atoms with van der Waals surface area (Å²) in [7, 11) is -3.25. The third kappa shape index (κ3) is 3.31. The molecule has 8 nitrogen and oxygen atoms in total. The van der Waals surface area contributed by atoms with Gasteiger partial charge >= 0.3 is 0 Å². The molecule has 0 spiro atoms. The average Bonchev–Trinajstić information content (AvgIpc) is 3.07. The van der Waals surface area contributed by atoms with E-state index in [1.807, 2.05) is 6.92 Å². The Labute approximate surface area is 140 Å². The van der Waals surface area contributed by atoms with Gasteiger partial charge in [-0.1, -0.05) is 0 Å². The first-order valence-corrected chi connectivity index (χ1v) is 9.43. The molecule has 0 unspecified atom stereocenters. The van der Waals surface area contributed by atoms with Crippen molar-refractivity contribution in [3.8, 4) is 5.82 Å². The summed E-state index contributed by atoms with van der Waals surface area (Å²) in [5, 5.41) is 4.10. The van der Waals surface area contributed by atoms with Crippen LogP contribution in [0.1, 0.15) is 17.3 Å². The topological polar surface area (TPSA) is 88.4 Å². The number of carbonyl (C=O) groups is 1. The summed E-state index contributed by atoms with van der Waals surface area (Å²) in [6.07, 6.45) is 6.16. The Morgan fingerprint density at radius 3 is 2.71 bits per heavy atom. The lowest BCUT2D eigenvalue weighted by Gasteiger charge is -2.38. The van der Waals surface area contributed by atoms with Crippen LogP contribution in [0.4, 0.5) is 0 Å². The van der Waals surface area contributed by atoms with Gasteiger partial charge in [0.15, 0.2) is 5.82 Å². The monoisotopic (exact) mass is 349 g/mol. The van der Waals surface area contributed by atoms with Crippen molar-refractivity contribution < 1.29 is 13.2 Å². The van der Waals surface area contributed by atoms with Gasteiger partial charge in [-0.15, -0.1) is 0 Å². The van der Waals surface area contributed by atoms with Gasteiger partial charge in [0.1, 0.15) is 0 Å². The van der Waals surface area contributed by atoms with E-state index in [0.29, 0.717) is 31.0 Å². The zero-order chi connectivity index (χ0) is 17.3. The van der Waals surface area contributed by atoms with E-state index in [1.165, 1.54) is 10.6 Å². The summed E-state index contributed by atoms with van der Waals surface area (Å²) in [4.78, 5) is 18.6. The Morgan fingerprint density at radius 1 is 1.29 bits per heavy atom. The second-order valence-corrected chi connectivity index (χ2v) is 7.76. The molecule has 3 heterocycles. The van der Waals surface area contributed by atoms with Gasteiger partial charge in [-0.3, -0.25) is 4.79 Å². The number of hydrogen-bond donors (Lipinski definition) is 0. The van der Waals surface area contributed by atoms with Crippen LogP contribution in [0.2, 0.25) is 0 Å². The van der Waals surface area contributed by atoms with Gasteiger partial charge < -0.3 is 4.90 Å². The maximum atomic E-state index is 12.7. The van der Waals surface area contributed by atoms with Crippen molar-refractivity contribution in [3.63, 3.8) is 0 Å². The summed E-state index contributed by atoms with van der Waals surface area (Å²) in [5.41, 5.74) is 0.510. The minimum atomic E-state index is -3.25. The van der Waals surface area contributed by atoms with Crippen LogP contribution in [0.15, 0.2) is 36.8 Å². The van der Waals surface area contributed by atoms with Gasteiger partial charge in [0.05, 0.1) is 6.26 Å². The highest BCUT2D eigenvalue weighted by Crippen LogP contribution is 2.16. The molecule has 1 aliphatic heterocycles. The molecular weight excluding hydrogens is 330 g/mol. The zero-order valence-corrected chi connectivity index (χ0v) is 14.3. The van der Waals surface area contributed by atoms with E-state index in [-0.39, 0.29) is 11.9 Å². The van der Waals surface area contributed by atoms with Crippen molar-refractivity contribution in [2.24, 2.45) is 0 Å². The molecule has 0 aromatic carbocycles. The molecule has 0 saturated carbocycles. The summed E-state index contributed by atoms with van der Waals surface area (Å²) < 4.78 is 26.5. The van der Waals surface area contributed by atoms with Crippen LogP contribution in [0.3, 0.4) is 0 Å². The van der Waals surface area contributed by atoms with E-state index in [2.05, 4.69) is 10.1 Å². The molecular formula is C15H19N5O3S. The molecule has 2 aromatic heterocycles. The van der Waals surface area contributed by atoms with Gasteiger partial charge in [-0.2, -0.15) is 9.40 Å². The van der Waals surface area contributed by atoms with Crippen molar-refractivity contribution in [2.75, 3.05) is 25.9 Å². The highest BCUT2D eigenvalue weighted by atomic mass is 32.2. The van der Waals surface area contributed by atoms with Crippen LogP contribution in [0.5, 0.6) is 0 Å². The first-order valence-electron chi connectivity index (χ1n) is 7.58. The standard InChI is InChI=1S/C15H19N5O3S/c1-12-11-18(8-9-20(12)24(2,22)23)15(21)13-4-6-16-14(10-13)19-7-3-5-17-19/h3-7,10,12H,8-9,11H2,1-2H3/t12-/m0/s1. The van der Waals surface area contributed by atoms with Gasteiger partial charge in [0.2, 0.25) is 10.0 Å². The number of carbonyl (C=O) groups excluding carboxylic acids is 1. The molecule has 3 rings (SSSR count). The Morgan fingerprint density at radius 2 is 2.08 bits per heavy atom. The molecule has 24 heavy (non-hydrogen) atoms. The number of rotatable bonds is 3. The highest BCUT2D eigenvalue weighted by Gasteiger charge is 2.32. The maximum Gasteiger partial charge on any atom is 0.254 e. The largest absolute Gasteiger partial charge is 0.336 e. The van der Waals surface area contributed by atoms with E-state index < -0.39 is 10.0 Å². The molecule has 1 aliphatic rings. The number of amides is 1. The summed E-state index contributed by atoms with van der Waals surface area (Å²) in [6, 6.07) is 4.87. The fourth-order valence-electron chi connectivity index (χ4n) is 2.88. The van der Waals surface area contributed by atoms with Crippen LogP contribution in [-0.4, -0.2) is 70.2 Å². The maximum absolute atomic E-state index is 12.7. The molecule has 0 aliphatic carbocycles. The first kappa shape index (κ1) is 16.6. The lowest BCUT2D eigenvalue weighted by molar-refractivity contribution is 0.0642. The highest BCUT2D eigenvalue weighted by molar-refractivity contribution is 7.88. The van der Waals surface area contributed by atoms with Crippen molar-refractivity contribution in [2.45, 2.75) is 13.0 Å². The van der Waals surface area contributed by atoms with Crippen molar-refractivity contribution in [1.29, 1.82) is 0 Å². The second kappa shape index (κ2) is 6.33. The second-order valence-electron chi connectivity index (χ2n) is 5.83. The summed E-state index contributed by atoms with van der Waals surface area (Å²) in [6.45, 7) is 2.85. The number of sulfonamides is 1. The minimum absolute atomic E-state index is 0.134. The average molecular weight is 349 g/mol. The van der Waals surface area contributed by atoms with Crippen LogP contribution in [0.25, 0.3) is 5.82 Å². The predicted molar refractivity (Wildman–Crippen MR) is 88.3 cm³/mol. The molecule has 9 heteroatoms. The molecule has 0 radical (unpaired) electrons. The number of aromatic nitrogens is 3. The predicted octanol–water partition coefficient (Wildman–Crippen LogP) is 0.373. The Bertz CT molecular complexity index is 835. The van der Waals surface area contributed by atoms with Crippen LogP contribution >= 0.6 is 0 Å². The third-order valence-corrected chi connectivity index (χ3v) is 5.41. The third-order valence-electron chi connectivity index (χ3n) is 4.01. The van der Waals surface area contributed by atoms with E-state index in [0.717, 1.165) is 0 Å². The molecule has 0 bridgehead atoms. The van der Waals surface area contributed by atoms with Crippen molar-refractivity contribution in [1.82, 2.24) is 24.0 Å². The van der Waals surface area contributed by atoms with E-state index in [9.17, 15) is 13.2 Å². The van der Waals surface area contributed by atoms with Gasteiger partial charge in [0.25, 0.3) is 5.91 Å². The van der Waals surface area contributed by atoms with E-state index in [1.54, 1.807) is 46.4 Å². The van der Waals surface area contributed by atoms with Gasteiger partial charge in [-0.25, -0.2) is 18.1 Å². The smallest absolute Gasteiger partial charge is 0.254 e. The molecule has 128 valence electrons. The quantitative estimate of drug-likeness (QED) is 0.799. The summed E-state index contributed by atoms with van der Waals surface area (Å²) in [5.74, 6) is 0.430. The number of hydrogen-bond acceptors (Lipinski definition) is 5. The Kier molecular flexibility index (Phi) is 4.37. The van der Waals surface area contributed by atoms with Gasteiger partial charge in [-0.05, 0) is 25.1 Å². The van der Waals surface area contributed by atoms with Crippen molar-refractivity contribution >= 4 is 15.9 Å². The minimum Gasteiger partial charge on any atom is -0.336 e. The molecule has 1 amide bonds. The summed E-state index contributed by atoms with van der Waals surface area (Å²) >= 11 is 0.